The van der Waals surface area contributed by atoms with Crippen molar-refractivity contribution in [2.45, 2.75) is 90.7 Å². The summed E-state index contributed by atoms with van der Waals surface area (Å²) in [6.45, 7) is 7.99. The number of guanidine groups is 1. The average molecular weight is 1050 g/mol. The fraction of sp³-hybridized carbons (Fsp3) is 0.295. The predicted molar refractivity (Wildman–Crippen MR) is 297 cm³/mol. The van der Waals surface area contributed by atoms with Crippen LogP contribution in [0.1, 0.15) is 81.2 Å². The molecule has 0 unspecified atom stereocenters. The fourth-order valence-corrected chi connectivity index (χ4v) is 8.27. The summed E-state index contributed by atoms with van der Waals surface area (Å²) >= 11 is 0. The Balaban J connectivity index is 0.0000109. The van der Waals surface area contributed by atoms with Crippen molar-refractivity contribution in [1.82, 2.24) is 25.8 Å². The smallest absolute Gasteiger partial charge is 0.416 e. The van der Waals surface area contributed by atoms with Crippen molar-refractivity contribution in [3.05, 3.63) is 204 Å². The number of hydrogen-bond acceptors (Lipinski definition) is 11. The van der Waals surface area contributed by atoms with E-state index in [1.807, 2.05) is 115 Å². The first-order valence-electron chi connectivity index (χ1n) is 25.1. The van der Waals surface area contributed by atoms with E-state index in [0.29, 0.717) is 11.1 Å². The van der Waals surface area contributed by atoms with Gasteiger partial charge >= 0.3 is 24.4 Å². The Bertz CT molecular complexity index is 2840. The normalized spacial score (nSPS) is 11.6. The molecule has 0 heterocycles. The molecule has 0 bridgehead atoms. The van der Waals surface area contributed by atoms with Gasteiger partial charge in [-0.1, -0.05) is 184 Å². The van der Waals surface area contributed by atoms with Crippen LogP contribution in [0.3, 0.4) is 0 Å². The molecular weight excluding hydrogens is 977 g/mol. The molecule has 0 radical (unpaired) electrons. The number of nitrogens with zero attached hydrogens (tertiary/aromatic N) is 2. The van der Waals surface area contributed by atoms with Crippen molar-refractivity contribution in [3.63, 3.8) is 0 Å². The van der Waals surface area contributed by atoms with Crippen molar-refractivity contribution in [3.8, 4) is 0 Å². The molecule has 0 spiro atoms. The van der Waals surface area contributed by atoms with E-state index < -0.39 is 59.8 Å². The summed E-state index contributed by atoms with van der Waals surface area (Å²) < 4.78 is 21.9. The first-order valence-corrected chi connectivity index (χ1v) is 25.1. The molecule has 0 saturated heterocycles. The number of hydrogen-bond donors (Lipinski definition) is 4. The lowest BCUT2D eigenvalue weighted by Crippen LogP contribution is -2.52. The SMILES string of the molecule is C.C=CCOC(=O)N[C@@H](Cc1ccc2ccccc2c1)C(=O)CCN(CC(c1ccccc1)c1ccccc1)C(=O)[C@H](CCCN(C(=N)NC(=O)OCc1ccccc1)C(=O)OCc1ccccc1)NC(=O)OC(C)(C)C. The molecule has 4 N–H and O–H groups in total. The Morgan fingerprint density at radius 1 is 0.623 bits per heavy atom. The zero-order valence-electron chi connectivity index (χ0n) is 43.2. The Morgan fingerprint density at radius 2 is 1.17 bits per heavy atom. The van der Waals surface area contributed by atoms with Gasteiger partial charge in [0.05, 0.1) is 6.04 Å². The van der Waals surface area contributed by atoms with Crippen LogP contribution >= 0.6 is 0 Å². The highest BCUT2D eigenvalue weighted by Gasteiger charge is 2.33. The largest absolute Gasteiger partial charge is 0.445 e. The molecular formula is C61H70N6O10. The maximum absolute atomic E-state index is 15.4. The number of benzene rings is 6. The summed E-state index contributed by atoms with van der Waals surface area (Å²) in [6.07, 6.45) is -2.47. The first-order chi connectivity index (χ1) is 36.6. The van der Waals surface area contributed by atoms with Gasteiger partial charge in [-0.2, -0.15) is 0 Å². The number of carbonyl (C=O) groups is 6. The van der Waals surface area contributed by atoms with Gasteiger partial charge in [0, 0.05) is 32.0 Å². The maximum atomic E-state index is 15.4. The van der Waals surface area contributed by atoms with Crippen LogP contribution in [-0.4, -0.2) is 95.7 Å². The second-order valence-corrected chi connectivity index (χ2v) is 18.9. The van der Waals surface area contributed by atoms with Gasteiger partial charge < -0.3 is 34.5 Å². The molecule has 0 aliphatic heterocycles. The zero-order chi connectivity index (χ0) is 54.3. The van der Waals surface area contributed by atoms with E-state index in [4.69, 9.17) is 24.4 Å². The number of rotatable bonds is 23. The highest BCUT2D eigenvalue weighted by molar-refractivity contribution is 5.99. The summed E-state index contributed by atoms with van der Waals surface area (Å²) in [5, 5.41) is 18.6. The van der Waals surface area contributed by atoms with Crippen LogP contribution in [0.5, 0.6) is 0 Å². The van der Waals surface area contributed by atoms with Gasteiger partial charge in [-0.25, -0.2) is 24.1 Å². The van der Waals surface area contributed by atoms with E-state index in [0.717, 1.165) is 32.4 Å². The number of Topliss-reactive ketones (excluding diaryl/α,β-unsaturated/α-hetero) is 1. The molecule has 5 amide bonds. The van der Waals surface area contributed by atoms with E-state index in [9.17, 15) is 24.0 Å². The summed E-state index contributed by atoms with van der Waals surface area (Å²) in [5.74, 6) is -2.01. The van der Waals surface area contributed by atoms with Crippen LogP contribution in [0, 0.1) is 5.41 Å². The molecule has 0 aromatic heterocycles. The number of fused-ring (bicyclic) bond motifs is 1. The summed E-state index contributed by atoms with van der Waals surface area (Å²) in [4.78, 5) is 85.9. The van der Waals surface area contributed by atoms with Crippen molar-refractivity contribution < 1.29 is 47.7 Å². The minimum absolute atomic E-state index is 0. The molecule has 2 atom stereocenters. The Hall–Kier alpha value is -8.79. The van der Waals surface area contributed by atoms with Crippen LogP contribution in [0.15, 0.2) is 176 Å². The van der Waals surface area contributed by atoms with Crippen LogP contribution in [0.4, 0.5) is 19.2 Å². The third-order valence-electron chi connectivity index (χ3n) is 12.0. The molecule has 16 nitrogen and oxygen atoms in total. The maximum Gasteiger partial charge on any atom is 0.416 e. The van der Waals surface area contributed by atoms with Crippen molar-refractivity contribution in [1.29, 1.82) is 5.41 Å². The van der Waals surface area contributed by atoms with Gasteiger partial charge in [0.15, 0.2) is 5.78 Å². The molecule has 6 rings (SSSR count). The zero-order valence-corrected chi connectivity index (χ0v) is 43.2. The standard InChI is InChI=1S/C60H66N6O10.CH4/c1-5-37-73-56(69)63-52(39-45-32-33-46-25-18-19-30-49(46)38-45)53(67)34-36-65(40-50(47-26-14-8-15-27-47)48-28-16-9-17-29-48)54(68)51(62-58(71)76-60(2,3)4)31-20-35-66(59(72)75-42-44-23-12-7-13-24-44)55(61)64-57(70)74-41-43-21-10-6-11-22-43;/h5-19,21-30,32-33,38,50-52H,1,20,31,34-37,39-42H2,2-4H3,(H,62,71)(H,63,69)(H2,61,64,70);1H4/t51-,52-;/m0./s1. The van der Waals surface area contributed by atoms with Gasteiger partial charge in [0.1, 0.15) is 31.5 Å². The minimum atomic E-state index is -1.31. The van der Waals surface area contributed by atoms with E-state index in [2.05, 4.69) is 22.5 Å². The lowest BCUT2D eigenvalue weighted by atomic mass is 9.90. The lowest BCUT2D eigenvalue weighted by Gasteiger charge is -2.32. The van der Waals surface area contributed by atoms with Crippen molar-refractivity contribution >= 4 is 52.8 Å². The van der Waals surface area contributed by atoms with E-state index >= 15 is 4.79 Å². The van der Waals surface area contributed by atoms with Crippen LogP contribution in [-0.2, 0) is 48.2 Å². The molecule has 0 aliphatic carbocycles. The fourth-order valence-electron chi connectivity index (χ4n) is 8.27. The molecule has 404 valence electrons. The Morgan fingerprint density at radius 3 is 1.75 bits per heavy atom. The predicted octanol–water partition coefficient (Wildman–Crippen LogP) is 11.1. The van der Waals surface area contributed by atoms with Crippen LogP contribution in [0.2, 0.25) is 0 Å². The number of nitrogens with one attached hydrogen (secondary N) is 4. The number of ketones is 1. The van der Waals surface area contributed by atoms with Gasteiger partial charge in [-0.05, 0) is 78.6 Å². The number of alkyl carbamates (subject to hydrolysis) is 3. The number of carbonyl (C=O) groups excluding carboxylic acids is 6. The molecule has 0 saturated carbocycles. The minimum Gasteiger partial charge on any atom is -0.445 e. The molecule has 0 fully saturated rings. The Kier molecular flexibility index (Phi) is 23.0. The summed E-state index contributed by atoms with van der Waals surface area (Å²) in [6, 6.07) is 48.2. The molecule has 6 aromatic rings. The molecule has 0 aliphatic rings. The second kappa shape index (κ2) is 29.9. The van der Waals surface area contributed by atoms with Gasteiger partial charge in [-0.3, -0.25) is 20.3 Å². The number of ether oxygens (including phenoxy) is 4. The van der Waals surface area contributed by atoms with Crippen LogP contribution < -0.4 is 16.0 Å². The second-order valence-electron chi connectivity index (χ2n) is 18.9. The summed E-state index contributed by atoms with van der Waals surface area (Å²) in [7, 11) is 0. The third-order valence-corrected chi connectivity index (χ3v) is 12.0. The highest BCUT2D eigenvalue weighted by Crippen LogP contribution is 2.27. The molecule has 77 heavy (non-hydrogen) atoms. The average Bonchev–Trinajstić information content (AvgIpc) is 3.42. The van der Waals surface area contributed by atoms with Gasteiger partial charge in [0.2, 0.25) is 11.9 Å². The lowest BCUT2D eigenvalue weighted by molar-refractivity contribution is -0.134. The Labute approximate surface area is 451 Å². The quantitative estimate of drug-likeness (QED) is 0.0207. The van der Waals surface area contributed by atoms with E-state index in [-0.39, 0.29) is 78.3 Å². The molecule has 6 aromatic carbocycles. The van der Waals surface area contributed by atoms with Crippen molar-refractivity contribution in [2.75, 3.05) is 26.2 Å². The number of amides is 5. The summed E-state index contributed by atoms with van der Waals surface area (Å²) in [5.41, 5.74) is 2.98. The van der Waals surface area contributed by atoms with Crippen molar-refractivity contribution in [2.24, 2.45) is 0 Å². The highest BCUT2D eigenvalue weighted by atomic mass is 16.6. The monoisotopic (exact) mass is 1050 g/mol. The van der Waals surface area contributed by atoms with Crippen LogP contribution in [0.25, 0.3) is 10.8 Å². The van der Waals surface area contributed by atoms with E-state index in [1.165, 1.54) is 11.0 Å². The first kappa shape index (κ1) is 59.1. The third kappa shape index (κ3) is 19.5. The molecule has 16 heteroatoms. The van der Waals surface area contributed by atoms with E-state index in [1.54, 1.807) is 69.3 Å². The van der Waals surface area contributed by atoms with Gasteiger partial charge in [0.25, 0.3) is 0 Å². The topological polar surface area (TPSA) is 206 Å². The van der Waals surface area contributed by atoms with Gasteiger partial charge in [-0.15, -0.1) is 0 Å².